The van der Waals surface area contributed by atoms with E-state index in [1.165, 1.54) is 0 Å². The van der Waals surface area contributed by atoms with Gasteiger partial charge in [-0.1, -0.05) is 0 Å². The summed E-state index contributed by atoms with van der Waals surface area (Å²) in [5, 5.41) is 0. The van der Waals surface area contributed by atoms with Gasteiger partial charge in [0.1, 0.15) is 0 Å². The van der Waals surface area contributed by atoms with Crippen LogP contribution in [0.15, 0.2) is 24.5 Å². The molecule has 3 N–H and O–H groups in total. The maximum atomic E-state index is 12.8. The van der Waals surface area contributed by atoms with Gasteiger partial charge in [0.2, 0.25) is 0 Å². The standard InChI is InChI=1S/C16H22N4O/c1-2-20(13-6-4-12(17)5-7-13)16(21)11-3-8-14-15(9-11)19-10-18-14/h3,8-10,12-13H,2,4-7,17H2,1H3,(H,18,19). The number of H-pyrrole nitrogens is 1. The number of nitrogens with two attached hydrogens (primary N) is 1. The Bertz CT molecular complexity index is 628. The maximum Gasteiger partial charge on any atom is 0.254 e. The topological polar surface area (TPSA) is 75.0 Å². The maximum absolute atomic E-state index is 12.8. The van der Waals surface area contributed by atoms with E-state index in [0.717, 1.165) is 48.8 Å². The van der Waals surface area contributed by atoms with Gasteiger partial charge in [-0.25, -0.2) is 4.98 Å². The Morgan fingerprint density at radius 3 is 2.86 bits per heavy atom. The summed E-state index contributed by atoms with van der Waals surface area (Å²) >= 11 is 0. The van der Waals surface area contributed by atoms with Crippen LogP contribution in [0.5, 0.6) is 0 Å². The summed E-state index contributed by atoms with van der Waals surface area (Å²) in [7, 11) is 0. The molecule has 5 heteroatoms. The molecular weight excluding hydrogens is 264 g/mol. The molecule has 0 atom stereocenters. The van der Waals surface area contributed by atoms with Crippen molar-refractivity contribution in [2.45, 2.75) is 44.7 Å². The third-order valence-electron chi connectivity index (χ3n) is 4.45. The Hall–Kier alpha value is -1.88. The molecule has 1 amide bonds. The fourth-order valence-corrected chi connectivity index (χ4v) is 3.22. The van der Waals surface area contributed by atoms with E-state index in [0.29, 0.717) is 12.1 Å². The van der Waals surface area contributed by atoms with Crippen molar-refractivity contribution in [3.63, 3.8) is 0 Å². The second-order valence-electron chi connectivity index (χ2n) is 5.79. The van der Waals surface area contributed by atoms with Crippen molar-refractivity contribution in [2.75, 3.05) is 6.54 Å². The highest BCUT2D eigenvalue weighted by molar-refractivity contribution is 5.97. The molecule has 112 valence electrons. The van der Waals surface area contributed by atoms with Crippen LogP contribution in [0.3, 0.4) is 0 Å². The quantitative estimate of drug-likeness (QED) is 0.909. The van der Waals surface area contributed by atoms with Gasteiger partial charge >= 0.3 is 0 Å². The van der Waals surface area contributed by atoms with Crippen LogP contribution in [-0.2, 0) is 0 Å². The molecule has 0 aliphatic heterocycles. The minimum absolute atomic E-state index is 0.106. The molecule has 1 heterocycles. The average molecular weight is 286 g/mol. The molecule has 1 aromatic heterocycles. The predicted molar refractivity (Wildman–Crippen MR) is 83.0 cm³/mol. The Morgan fingerprint density at radius 1 is 1.38 bits per heavy atom. The van der Waals surface area contributed by atoms with E-state index in [-0.39, 0.29) is 5.91 Å². The fraction of sp³-hybridized carbons (Fsp3) is 0.500. The zero-order chi connectivity index (χ0) is 14.8. The fourth-order valence-electron chi connectivity index (χ4n) is 3.22. The normalized spacial score (nSPS) is 22.4. The highest BCUT2D eigenvalue weighted by Crippen LogP contribution is 2.24. The molecule has 0 radical (unpaired) electrons. The number of nitrogens with zero attached hydrogens (tertiary/aromatic N) is 2. The number of imidazole rings is 1. The van der Waals surface area contributed by atoms with Crippen LogP contribution in [0.4, 0.5) is 0 Å². The van der Waals surface area contributed by atoms with Crippen molar-refractivity contribution < 1.29 is 4.79 Å². The summed E-state index contributed by atoms with van der Waals surface area (Å²) in [6, 6.07) is 6.27. The SMILES string of the molecule is CCN(C(=O)c1ccc2nc[nH]c2c1)C1CCC(N)CC1. The molecule has 1 fully saturated rings. The highest BCUT2D eigenvalue weighted by atomic mass is 16.2. The van der Waals surface area contributed by atoms with Crippen molar-refractivity contribution in [1.29, 1.82) is 0 Å². The molecule has 0 bridgehead atoms. The third-order valence-corrected chi connectivity index (χ3v) is 4.45. The summed E-state index contributed by atoms with van der Waals surface area (Å²) in [4.78, 5) is 22.0. The first-order valence-corrected chi connectivity index (χ1v) is 7.68. The number of carbonyl (C=O) groups is 1. The summed E-state index contributed by atoms with van der Waals surface area (Å²) in [6.07, 6.45) is 5.68. The Balaban J connectivity index is 1.80. The van der Waals surface area contributed by atoms with Gasteiger partial charge in [-0.3, -0.25) is 4.79 Å². The van der Waals surface area contributed by atoms with Crippen molar-refractivity contribution in [3.05, 3.63) is 30.1 Å². The number of benzene rings is 1. The van der Waals surface area contributed by atoms with E-state index < -0.39 is 0 Å². The molecule has 3 rings (SSSR count). The molecule has 0 spiro atoms. The van der Waals surface area contributed by atoms with Gasteiger partial charge in [-0.2, -0.15) is 0 Å². The van der Waals surface area contributed by atoms with Crippen molar-refractivity contribution >= 4 is 16.9 Å². The number of hydrogen-bond donors (Lipinski definition) is 2. The minimum Gasteiger partial charge on any atom is -0.345 e. The number of rotatable bonds is 3. The van der Waals surface area contributed by atoms with Gasteiger partial charge in [0.25, 0.3) is 5.91 Å². The predicted octanol–water partition coefficient (Wildman–Crippen LogP) is 2.29. The summed E-state index contributed by atoms with van der Waals surface area (Å²) in [6.45, 7) is 2.78. The second kappa shape index (κ2) is 5.85. The lowest BCUT2D eigenvalue weighted by Gasteiger charge is -2.35. The Labute approximate surface area is 124 Å². The number of carbonyl (C=O) groups excluding carboxylic acids is 1. The number of fused-ring (bicyclic) bond motifs is 1. The smallest absolute Gasteiger partial charge is 0.254 e. The van der Waals surface area contributed by atoms with Gasteiger partial charge in [0.15, 0.2) is 0 Å². The lowest BCUT2D eigenvalue weighted by atomic mass is 9.90. The van der Waals surface area contributed by atoms with Crippen LogP contribution < -0.4 is 5.73 Å². The van der Waals surface area contributed by atoms with E-state index in [2.05, 4.69) is 9.97 Å². The van der Waals surface area contributed by atoms with E-state index in [1.807, 2.05) is 30.0 Å². The molecule has 0 saturated heterocycles. The van der Waals surface area contributed by atoms with Gasteiger partial charge in [-0.05, 0) is 50.8 Å². The van der Waals surface area contributed by atoms with Crippen LogP contribution in [-0.4, -0.2) is 39.4 Å². The van der Waals surface area contributed by atoms with Gasteiger partial charge in [-0.15, -0.1) is 0 Å². The van der Waals surface area contributed by atoms with Crippen LogP contribution in [0.2, 0.25) is 0 Å². The number of nitrogens with one attached hydrogen (secondary N) is 1. The number of amides is 1. The second-order valence-corrected chi connectivity index (χ2v) is 5.79. The van der Waals surface area contributed by atoms with E-state index >= 15 is 0 Å². The van der Waals surface area contributed by atoms with Crippen molar-refractivity contribution in [2.24, 2.45) is 5.73 Å². The van der Waals surface area contributed by atoms with E-state index in [4.69, 9.17) is 5.73 Å². The van der Waals surface area contributed by atoms with Crippen LogP contribution in [0.25, 0.3) is 11.0 Å². The van der Waals surface area contributed by atoms with Crippen LogP contribution in [0.1, 0.15) is 43.0 Å². The molecule has 2 aromatic rings. The van der Waals surface area contributed by atoms with E-state index in [1.54, 1.807) is 6.33 Å². The molecule has 1 aliphatic carbocycles. The van der Waals surface area contributed by atoms with Crippen molar-refractivity contribution in [3.8, 4) is 0 Å². The highest BCUT2D eigenvalue weighted by Gasteiger charge is 2.27. The zero-order valence-corrected chi connectivity index (χ0v) is 12.4. The summed E-state index contributed by atoms with van der Waals surface area (Å²) < 4.78 is 0. The molecule has 0 unspecified atom stereocenters. The lowest BCUT2D eigenvalue weighted by molar-refractivity contribution is 0.0641. The molecule has 1 aliphatic rings. The number of aromatic nitrogens is 2. The van der Waals surface area contributed by atoms with Gasteiger partial charge in [0, 0.05) is 24.2 Å². The molecular formula is C16H22N4O. The first-order valence-electron chi connectivity index (χ1n) is 7.68. The van der Waals surface area contributed by atoms with Gasteiger partial charge < -0.3 is 15.6 Å². The number of hydrogen-bond acceptors (Lipinski definition) is 3. The summed E-state index contributed by atoms with van der Waals surface area (Å²) in [5.74, 6) is 0.106. The Morgan fingerprint density at radius 2 is 2.14 bits per heavy atom. The molecule has 21 heavy (non-hydrogen) atoms. The van der Waals surface area contributed by atoms with Crippen LogP contribution >= 0.6 is 0 Å². The molecule has 1 saturated carbocycles. The molecule has 5 nitrogen and oxygen atoms in total. The Kier molecular flexibility index (Phi) is 3.92. The van der Waals surface area contributed by atoms with Crippen LogP contribution in [0, 0.1) is 0 Å². The number of aromatic amines is 1. The zero-order valence-electron chi connectivity index (χ0n) is 12.4. The largest absolute Gasteiger partial charge is 0.345 e. The first-order chi connectivity index (χ1) is 10.2. The molecule has 1 aromatic carbocycles. The van der Waals surface area contributed by atoms with E-state index in [9.17, 15) is 4.79 Å². The van der Waals surface area contributed by atoms with Gasteiger partial charge in [0.05, 0.1) is 17.4 Å². The first kappa shape index (κ1) is 14.1. The minimum atomic E-state index is 0.106. The lowest BCUT2D eigenvalue weighted by Crippen LogP contribution is -2.44. The van der Waals surface area contributed by atoms with Crippen molar-refractivity contribution in [1.82, 2.24) is 14.9 Å². The average Bonchev–Trinajstić information content (AvgIpc) is 2.97. The third kappa shape index (κ3) is 2.78. The monoisotopic (exact) mass is 286 g/mol. The summed E-state index contributed by atoms with van der Waals surface area (Å²) in [5.41, 5.74) is 8.48.